The summed E-state index contributed by atoms with van der Waals surface area (Å²) in [7, 11) is 0. The molecule has 0 aliphatic carbocycles. The van der Waals surface area contributed by atoms with Gasteiger partial charge in [0.2, 0.25) is 0 Å². The van der Waals surface area contributed by atoms with E-state index in [1.807, 2.05) is 27.7 Å². The molecule has 4 heteroatoms. The quantitative estimate of drug-likeness (QED) is 0.554. The van der Waals surface area contributed by atoms with Gasteiger partial charge in [-0.3, -0.25) is 4.79 Å². The van der Waals surface area contributed by atoms with Crippen LogP contribution in [0.3, 0.4) is 0 Å². The van der Waals surface area contributed by atoms with Gasteiger partial charge in [-0.05, 0) is 31.5 Å². The Kier molecular flexibility index (Phi) is 5.33. The highest BCUT2D eigenvalue weighted by molar-refractivity contribution is 6.13. The minimum Gasteiger partial charge on any atom is -0.464 e. The van der Waals surface area contributed by atoms with E-state index in [0.717, 1.165) is 0 Å². The van der Waals surface area contributed by atoms with Crippen LogP contribution in [0, 0.1) is 5.92 Å². The predicted molar refractivity (Wildman–Crippen MR) is 53.5 cm³/mol. The van der Waals surface area contributed by atoms with Crippen LogP contribution in [-0.4, -0.2) is 18.1 Å². The van der Waals surface area contributed by atoms with Crippen molar-refractivity contribution in [1.29, 1.82) is 0 Å². The second-order valence-electron chi connectivity index (χ2n) is 4.24. The summed E-state index contributed by atoms with van der Waals surface area (Å²) in [6.07, 6.45) is 0.457. The van der Waals surface area contributed by atoms with Gasteiger partial charge in [-0.1, -0.05) is 13.8 Å². The Balaban J connectivity index is 3.70. The molecule has 0 bridgehead atoms. The van der Waals surface area contributed by atoms with Crippen molar-refractivity contribution in [3.8, 4) is 0 Å². The van der Waals surface area contributed by atoms with Gasteiger partial charge in [0.05, 0.1) is 5.54 Å². The summed E-state index contributed by atoms with van der Waals surface area (Å²) in [6, 6.07) is 0. The average molecular weight is 208 g/mol. The summed E-state index contributed by atoms with van der Waals surface area (Å²) in [5.41, 5.74) is -0.367. The number of rotatable bonds is 5. The molecule has 0 fully saturated rings. The molecule has 0 aromatic rings. The molecule has 0 rings (SSSR count). The zero-order valence-electron chi connectivity index (χ0n) is 8.69. The standard InChI is InChI=1S/C9H18ClNO2/c1-7(2)5-8(12)13-6-9(3,4)11-10/h7,11H,5-6H2,1-4H3. The molecular formula is C9H18ClNO2. The molecule has 0 unspecified atom stereocenters. The fourth-order valence-corrected chi connectivity index (χ4v) is 0.735. The van der Waals surface area contributed by atoms with E-state index in [-0.39, 0.29) is 11.5 Å². The zero-order valence-corrected chi connectivity index (χ0v) is 9.44. The molecule has 0 spiro atoms. The molecule has 0 amide bonds. The summed E-state index contributed by atoms with van der Waals surface area (Å²) in [6.45, 7) is 7.98. The maximum absolute atomic E-state index is 11.1. The van der Waals surface area contributed by atoms with Gasteiger partial charge >= 0.3 is 5.97 Å². The van der Waals surface area contributed by atoms with Crippen LogP contribution in [0.1, 0.15) is 34.1 Å². The number of nitrogens with one attached hydrogen (secondary N) is 1. The number of carbonyl (C=O) groups excluding carboxylic acids is 1. The lowest BCUT2D eigenvalue weighted by Gasteiger charge is -2.21. The molecule has 0 saturated heterocycles. The van der Waals surface area contributed by atoms with Crippen molar-refractivity contribution in [3.05, 3.63) is 0 Å². The average Bonchev–Trinajstić information content (AvgIpc) is 2.00. The van der Waals surface area contributed by atoms with Gasteiger partial charge in [0.1, 0.15) is 6.61 Å². The number of hydrogen-bond donors (Lipinski definition) is 1. The van der Waals surface area contributed by atoms with Gasteiger partial charge in [-0.2, -0.15) is 0 Å². The van der Waals surface area contributed by atoms with E-state index in [4.69, 9.17) is 16.5 Å². The molecule has 13 heavy (non-hydrogen) atoms. The fourth-order valence-electron chi connectivity index (χ4n) is 0.680. The first kappa shape index (κ1) is 12.7. The maximum Gasteiger partial charge on any atom is 0.306 e. The van der Waals surface area contributed by atoms with Crippen LogP contribution < -0.4 is 4.84 Å². The Morgan fingerprint density at radius 1 is 1.54 bits per heavy atom. The number of hydrogen-bond acceptors (Lipinski definition) is 3. The maximum atomic E-state index is 11.1. The molecule has 0 heterocycles. The predicted octanol–water partition coefficient (Wildman–Crippen LogP) is 2.10. The lowest BCUT2D eigenvalue weighted by Crippen LogP contribution is -2.38. The molecule has 0 aliphatic rings. The highest BCUT2D eigenvalue weighted by Gasteiger charge is 2.18. The van der Waals surface area contributed by atoms with Crippen LogP contribution in [0.4, 0.5) is 0 Å². The molecule has 0 saturated carbocycles. The fraction of sp³-hybridized carbons (Fsp3) is 0.889. The minimum absolute atomic E-state index is 0.171. The molecule has 0 aromatic heterocycles. The van der Waals surface area contributed by atoms with E-state index < -0.39 is 0 Å². The van der Waals surface area contributed by atoms with Crippen molar-refractivity contribution in [2.24, 2.45) is 5.92 Å². The van der Waals surface area contributed by atoms with Gasteiger partial charge < -0.3 is 4.74 Å². The normalized spacial score (nSPS) is 11.8. The van der Waals surface area contributed by atoms with Crippen molar-refractivity contribution < 1.29 is 9.53 Å². The van der Waals surface area contributed by atoms with Gasteiger partial charge in [-0.25, -0.2) is 4.84 Å². The second-order valence-corrected chi connectivity index (χ2v) is 4.43. The Hall–Kier alpha value is -0.280. The van der Waals surface area contributed by atoms with E-state index in [1.165, 1.54) is 0 Å². The van der Waals surface area contributed by atoms with Crippen LogP contribution in [0.25, 0.3) is 0 Å². The highest BCUT2D eigenvalue weighted by atomic mass is 35.5. The van der Waals surface area contributed by atoms with Crippen LogP contribution >= 0.6 is 11.8 Å². The SMILES string of the molecule is CC(C)CC(=O)OCC(C)(C)NCl. The second kappa shape index (κ2) is 5.45. The Morgan fingerprint density at radius 3 is 2.46 bits per heavy atom. The van der Waals surface area contributed by atoms with Crippen molar-refractivity contribution in [2.75, 3.05) is 6.61 Å². The molecule has 0 radical (unpaired) electrons. The third kappa shape index (κ3) is 6.84. The summed E-state index contributed by atoms with van der Waals surface area (Å²) in [4.78, 5) is 13.7. The van der Waals surface area contributed by atoms with Gasteiger partial charge in [0.15, 0.2) is 0 Å². The minimum atomic E-state index is -0.367. The monoisotopic (exact) mass is 207 g/mol. The van der Waals surface area contributed by atoms with Crippen molar-refractivity contribution in [1.82, 2.24) is 4.84 Å². The third-order valence-electron chi connectivity index (χ3n) is 1.42. The molecule has 0 aromatic carbocycles. The van der Waals surface area contributed by atoms with Crippen LogP contribution in [-0.2, 0) is 9.53 Å². The van der Waals surface area contributed by atoms with E-state index in [9.17, 15) is 4.79 Å². The highest BCUT2D eigenvalue weighted by Crippen LogP contribution is 2.06. The van der Waals surface area contributed by atoms with Crippen molar-refractivity contribution in [2.45, 2.75) is 39.7 Å². The van der Waals surface area contributed by atoms with Crippen molar-refractivity contribution in [3.63, 3.8) is 0 Å². The van der Waals surface area contributed by atoms with Crippen LogP contribution in [0.5, 0.6) is 0 Å². The lowest BCUT2D eigenvalue weighted by atomic mass is 10.1. The van der Waals surface area contributed by atoms with E-state index >= 15 is 0 Å². The third-order valence-corrected chi connectivity index (χ3v) is 1.94. The summed E-state index contributed by atoms with van der Waals surface area (Å²) in [5.74, 6) is 0.162. The largest absolute Gasteiger partial charge is 0.464 e. The number of carbonyl (C=O) groups is 1. The van der Waals surface area contributed by atoms with E-state index in [2.05, 4.69) is 4.84 Å². The van der Waals surface area contributed by atoms with E-state index in [1.54, 1.807) is 0 Å². The Morgan fingerprint density at radius 2 is 2.08 bits per heavy atom. The first-order valence-electron chi connectivity index (χ1n) is 4.41. The zero-order chi connectivity index (χ0) is 10.5. The number of ether oxygens (including phenoxy) is 1. The Labute approximate surface area is 84.9 Å². The van der Waals surface area contributed by atoms with Gasteiger partial charge in [-0.15, -0.1) is 0 Å². The summed E-state index contributed by atoms with van der Waals surface area (Å²) in [5, 5.41) is 0. The van der Waals surface area contributed by atoms with E-state index in [0.29, 0.717) is 18.9 Å². The van der Waals surface area contributed by atoms with Gasteiger partial charge in [0, 0.05) is 6.42 Å². The van der Waals surface area contributed by atoms with Crippen LogP contribution in [0.2, 0.25) is 0 Å². The van der Waals surface area contributed by atoms with Crippen molar-refractivity contribution >= 4 is 17.7 Å². The number of halogens is 1. The summed E-state index contributed by atoms with van der Waals surface area (Å²) < 4.78 is 5.02. The first-order chi connectivity index (χ1) is 5.87. The summed E-state index contributed by atoms with van der Waals surface area (Å²) >= 11 is 5.44. The van der Waals surface area contributed by atoms with Gasteiger partial charge in [0.25, 0.3) is 0 Å². The first-order valence-corrected chi connectivity index (χ1v) is 4.78. The molecule has 1 N–H and O–H groups in total. The number of esters is 1. The molecular weight excluding hydrogens is 190 g/mol. The molecule has 0 aliphatic heterocycles. The Bertz CT molecular complexity index is 169. The topological polar surface area (TPSA) is 38.3 Å². The molecule has 0 atom stereocenters. The molecule has 78 valence electrons. The molecule has 3 nitrogen and oxygen atoms in total. The smallest absolute Gasteiger partial charge is 0.306 e. The van der Waals surface area contributed by atoms with Crippen LogP contribution in [0.15, 0.2) is 0 Å². The lowest BCUT2D eigenvalue weighted by molar-refractivity contribution is -0.146.